The highest BCUT2D eigenvalue weighted by atomic mass is 19.1. The van der Waals surface area contributed by atoms with Crippen molar-refractivity contribution in [3.8, 4) is 0 Å². The van der Waals surface area contributed by atoms with Crippen molar-refractivity contribution in [2.24, 2.45) is 5.84 Å². The van der Waals surface area contributed by atoms with Gasteiger partial charge in [-0.2, -0.15) is 4.39 Å². The van der Waals surface area contributed by atoms with E-state index in [0.29, 0.717) is 11.3 Å². The molecule has 8 heteroatoms. The van der Waals surface area contributed by atoms with Crippen LogP contribution in [0, 0.1) is 15.9 Å². The summed E-state index contributed by atoms with van der Waals surface area (Å²) in [4.78, 5) is 21.6. The van der Waals surface area contributed by atoms with Crippen LogP contribution < -0.4 is 16.6 Å². The van der Waals surface area contributed by atoms with Gasteiger partial charge in [-0.3, -0.25) is 20.8 Å². The molecule has 4 N–H and O–H groups in total. The molecular weight excluding hydrogens is 279 g/mol. The Morgan fingerprint density at radius 2 is 1.76 bits per heavy atom. The third-order valence-electron chi connectivity index (χ3n) is 2.72. The SMILES string of the molecule is NNc1ccc(C(=O)Nc2ccc([N+](=O)[O-])c(F)c2)cc1. The average molecular weight is 290 g/mol. The minimum absolute atomic E-state index is 0.129. The smallest absolute Gasteiger partial charge is 0.304 e. The molecule has 0 fully saturated rings. The molecule has 2 rings (SSSR count). The Bertz CT molecular complexity index is 688. The van der Waals surface area contributed by atoms with E-state index in [4.69, 9.17) is 5.84 Å². The lowest BCUT2D eigenvalue weighted by Crippen LogP contribution is -2.13. The molecule has 0 unspecified atom stereocenters. The number of anilines is 2. The second-order valence-corrected chi connectivity index (χ2v) is 4.10. The molecule has 0 spiro atoms. The zero-order valence-corrected chi connectivity index (χ0v) is 10.7. The van der Waals surface area contributed by atoms with E-state index in [1.54, 1.807) is 12.1 Å². The van der Waals surface area contributed by atoms with Gasteiger partial charge in [0.1, 0.15) is 0 Å². The van der Waals surface area contributed by atoms with Gasteiger partial charge in [0.15, 0.2) is 0 Å². The van der Waals surface area contributed by atoms with E-state index in [9.17, 15) is 19.3 Å². The number of rotatable bonds is 4. The molecule has 0 aliphatic rings. The Morgan fingerprint density at radius 1 is 1.14 bits per heavy atom. The summed E-state index contributed by atoms with van der Waals surface area (Å²) < 4.78 is 13.4. The van der Waals surface area contributed by atoms with Crippen LogP contribution in [0.15, 0.2) is 42.5 Å². The minimum Gasteiger partial charge on any atom is -0.324 e. The molecule has 2 aromatic rings. The van der Waals surface area contributed by atoms with Gasteiger partial charge in [-0.15, -0.1) is 0 Å². The molecule has 0 aromatic heterocycles. The first-order valence-corrected chi connectivity index (χ1v) is 5.83. The lowest BCUT2D eigenvalue weighted by atomic mass is 10.2. The Kier molecular flexibility index (Phi) is 4.10. The first-order chi connectivity index (χ1) is 10.0. The van der Waals surface area contributed by atoms with Crippen molar-refractivity contribution in [1.82, 2.24) is 0 Å². The summed E-state index contributed by atoms with van der Waals surface area (Å²) in [7, 11) is 0. The van der Waals surface area contributed by atoms with Crippen LogP contribution >= 0.6 is 0 Å². The normalized spacial score (nSPS) is 10.0. The number of nitrogens with two attached hydrogens (primary N) is 1. The minimum atomic E-state index is -1.01. The second-order valence-electron chi connectivity index (χ2n) is 4.10. The molecule has 108 valence electrons. The van der Waals surface area contributed by atoms with E-state index < -0.39 is 22.3 Å². The van der Waals surface area contributed by atoms with E-state index in [1.807, 2.05) is 0 Å². The fourth-order valence-corrected chi connectivity index (χ4v) is 1.65. The predicted octanol–water partition coefficient (Wildman–Crippen LogP) is 2.27. The molecule has 7 nitrogen and oxygen atoms in total. The molecule has 2 aromatic carbocycles. The highest BCUT2D eigenvalue weighted by molar-refractivity contribution is 6.04. The largest absolute Gasteiger partial charge is 0.324 e. The van der Waals surface area contributed by atoms with Gasteiger partial charge in [0.05, 0.1) is 4.92 Å². The van der Waals surface area contributed by atoms with Crippen LogP contribution in [0.3, 0.4) is 0 Å². The average Bonchev–Trinajstić information content (AvgIpc) is 2.47. The van der Waals surface area contributed by atoms with Crippen molar-refractivity contribution in [3.63, 3.8) is 0 Å². The zero-order chi connectivity index (χ0) is 15.4. The van der Waals surface area contributed by atoms with Gasteiger partial charge >= 0.3 is 5.69 Å². The van der Waals surface area contributed by atoms with Gasteiger partial charge in [0.25, 0.3) is 5.91 Å². The van der Waals surface area contributed by atoms with Crippen LogP contribution in [0.4, 0.5) is 21.5 Å². The quantitative estimate of drug-likeness (QED) is 0.454. The summed E-state index contributed by atoms with van der Waals surface area (Å²) in [5, 5.41) is 12.9. The van der Waals surface area contributed by atoms with Gasteiger partial charge in [-0.1, -0.05) is 0 Å². The third-order valence-corrected chi connectivity index (χ3v) is 2.72. The van der Waals surface area contributed by atoms with Crippen molar-refractivity contribution in [2.45, 2.75) is 0 Å². The number of hydrogen-bond donors (Lipinski definition) is 3. The number of nitrogen functional groups attached to an aromatic ring is 1. The number of carbonyl (C=O) groups is 1. The Labute approximate surface area is 118 Å². The molecule has 0 heterocycles. The number of benzene rings is 2. The molecule has 0 radical (unpaired) electrons. The monoisotopic (exact) mass is 290 g/mol. The third kappa shape index (κ3) is 3.31. The number of amides is 1. The molecule has 1 amide bonds. The summed E-state index contributed by atoms with van der Waals surface area (Å²) in [6.07, 6.45) is 0. The van der Waals surface area contributed by atoms with Crippen LogP contribution in [0.2, 0.25) is 0 Å². The van der Waals surface area contributed by atoms with Crippen molar-refractivity contribution in [1.29, 1.82) is 0 Å². The van der Waals surface area contributed by atoms with Gasteiger partial charge in [-0.25, -0.2) is 0 Å². The Balaban J connectivity index is 2.15. The van der Waals surface area contributed by atoms with E-state index >= 15 is 0 Å². The Morgan fingerprint density at radius 3 is 2.29 bits per heavy atom. The number of nitro groups is 1. The number of hydrazine groups is 1. The predicted molar refractivity (Wildman–Crippen MR) is 75.3 cm³/mol. The van der Waals surface area contributed by atoms with E-state index in [0.717, 1.165) is 12.1 Å². The lowest BCUT2D eigenvalue weighted by molar-refractivity contribution is -0.387. The molecule has 0 bridgehead atoms. The van der Waals surface area contributed by atoms with Crippen LogP contribution in [0.25, 0.3) is 0 Å². The first kappa shape index (κ1) is 14.4. The van der Waals surface area contributed by atoms with Crippen LogP contribution in [-0.4, -0.2) is 10.8 Å². The number of nitrogens with one attached hydrogen (secondary N) is 2. The number of carbonyl (C=O) groups excluding carboxylic acids is 1. The molecule has 0 atom stereocenters. The standard InChI is InChI=1S/C13H11FN4O3/c14-11-7-10(5-6-12(11)18(20)21)16-13(19)8-1-3-9(17-15)4-2-8/h1-7,17H,15H2,(H,16,19). The van der Waals surface area contributed by atoms with E-state index in [1.165, 1.54) is 18.2 Å². The summed E-state index contributed by atoms with van der Waals surface area (Å²) >= 11 is 0. The topological polar surface area (TPSA) is 110 Å². The molecule has 0 aliphatic carbocycles. The van der Waals surface area contributed by atoms with Crippen molar-refractivity contribution in [3.05, 3.63) is 64.0 Å². The molecule has 0 saturated heterocycles. The molecule has 0 saturated carbocycles. The number of nitrogens with zero attached hydrogens (tertiary/aromatic N) is 1. The molecule has 21 heavy (non-hydrogen) atoms. The lowest BCUT2D eigenvalue weighted by Gasteiger charge is -2.06. The number of nitro benzene ring substituents is 1. The zero-order valence-electron chi connectivity index (χ0n) is 10.7. The maximum Gasteiger partial charge on any atom is 0.304 e. The van der Waals surface area contributed by atoms with Crippen molar-refractivity contribution >= 4 is 23.0 Å². The van der Waals surface area contributed by atoms with Crippen molar-refractivity contribution in [2.75, 3.05) is 10.7 Å². The first-order valence-electron chi connectivity index (χ1n) is 5.83. The summed E-state index contributed by atoms with van der Waals surface area (Å²) in [5.41, 5.74) is 2.88. The van der Waals surface area contributed by atoms with Gasteiger partial charge < -0.3 is 10.7 Å². The molecule has 0 aliphatic heterocycles. The van der Waals surface area contributed by atoms with E-state index in [2.05, 4.69) is 10.7 Å². The maximum atomic E-state index is 13.4. The number of hydrogen-bond acceptors (Lipinski definition) is 5. The van der Waals surface area contributed by atoms with Gasteiger partial charge in [0.2, 0.25) is 5.82 Å². The molecular formula is C13H11FN4O3. The van der Waals surface area contributed by atoms with Crippen LogP contribution in [0.1, 0.15) is 10.4 Å². The highest BCUT2D eigenvalue weighted by Gasteiger charge is 2.15. The van der Waals surface area contributed by atoms with E-state index in [-0.39, 0.29) is 5.69 Å². The van der Waals surface area contributed by atoms with Crippen molar-refractivity contribution < 1.29 is 14.1 Å². The summed E-state index contributed by atoms with van der Waals surface area (Å²) in [5.74, 6) is 3.73. The van der Waals surface area contributed by atoms with Crippen LogP contribution in [0.5, 0.6) is 0 Å². The number of halogens is 1. The fourth-order valence-electron chi connectivity index (χ4n) is 1.65. The van der Waals surface area contributed by atoms with Gasteiger partial charge in [0, 0.05) is 29.1 Å². The highest BCUT2D eigenvalue weighted by Crippen LogP contribution is 2.21. The maximum absolute atomic E-state index is 13.4. The van der Waals surface area contributed by atoms with Gasteiger partial charge in [-0.05, 0) is 30.3 Å². The Hall–Kier alpha value is -3.00. The summed E-state index contributed by atoms with van der Waals surface area (Å²) in [6, 6.07) is 9.42. The fraction of sp³-hybridized carbons (Fsp3) is 0. The van der Waals surface area contributed by atoms with Crippen LogP contribution in [-0.2, 0) is 0 Å². The second kappa shape index (κ2) is 5.97. The summed E-state index contributed by atoms with van der Waals surface area (Å²) in [6.45, 7) is 0.